The van der Waals surface area contributed by atoms with Crippen molar-refractivity contribution in [2.45, 2.75) is 44.6 Å². The normalized spacial score (nSPS) is 23.6. The van der Waals surface area contributed by atoms with Crippen molar-refractivity contribution < 1.29 is 0 Å². The number of nitrogens with zero attached hydrogens (tertiary/aromatic N) is 1. The molecular formula is C18H24N2. The number of hydrogen-bond acceptors (Lipinski definition) is 2. The maximum Gasteiger partial charge on any atom is 0.0705 e. The van der Waals surface area contributed by atoms with Gasteiger partial charge in [0.15, 0.2) is 0 Å². The summed E-state index contributed by atoms with van der Waals surface area (Å²) < 4.78 is 0. The van der Waals surface area contributed by atoms with Crippen LogP contribution in [-0.4, -0.2) is 18.1 Å². The second-order valence-electron chi connectivity index (χ2n) is 5.99. The number of nitrogens with one attached hydrogen (secondary N) is 1. The fourth-order valence-corrected chi connectivity index (χ4v) is 3.50. The van der Waals surface area contributed by atoms with Crippen LogP contribution in [0.5, 0.6) is 0 Å². The molecule has 2 nitrogen and oxygen atoms in total. The molecule has 1 aliphatic rings. The number of pyridine rings is 1. The average molecular weight is 268 g/mol. The predicted molar refractivity (Wildman–Crippen MR) is 84.9 cm³/mol. The Labute approximate surface area is 121 Å². The molecule has 20 heavy (non-hydrogen) atoms. The van der Waals surface area contributed by atoms with Gasteiger partial charge in [-0.25, -0.2) is 0 Å². The highest BCUT2D eigenvalue weighted by Crippen LogP contribution is 2.26. The molecule has 0 amide bonds. The van der Waals surface area contributed by atoms with Gasteiger partial charge in [-0.2, -0.15) is 0 Å². The van der Waals surface area contributed by atoms with E-state index in [9.17, 15) is 0 Å². The van der Waals surface area contributed by atoms with E-state index in [0.29, 0.717) is 6.04 Å². The van der Waals surface area contributed by atoms with Crippen LogP contribution in [0.1, 0.15) is 37.8 Å². The summed E-state index contributed by atoms with van der Waals surface area (Å²) in [5, 5.41) is 4.76. The van der Waals surface area contributed by atoms with Gasteiger partial charge in [0.05, 0.1) is 5.52 Å². The van der Waals surface area contributed by atoms with Gasteiger partial charge >= 0.3 is 0 Å². The van der Waals surface area contributed by atoms with Crippen molar-refractivity contribution in [2.24, 2.45) is 5.92 Å². The van der Waals surface area contributed by atoms with Crippen LogP contribution >= 0.6 is 0 Å². The number of para-hydroxylation sites is 1. The van der Waals surface area contributed by atoms with Crippen LogP contribution in [-0.2, 0) is 6.42 Å². The Morgan fingerprint density at radius 2 is 1.90 bits per heavy atom. The quantitative estimate of drug-likeness (QED) is 0.853. The molecular weight excluding hydrogens is 244 g/mol. The molecule has 2 unspecified atom stereocenters. The van der Waals surface area contributed by atoms with Gasteiger partial charge in [0.2, 0.25) is 0 Å². The summed E-state index contributed by atoms with van der Waals surface area (Å²) >= 11 is 0. The van der Waals surface area contributed by atoms with E-state index in [-0.39, 0.29) is 0 Å². The van der Waals surface area contributed by atoms with Crippen LogP contribution in [0.25, 0.3) is 10.9 Å². The summed E-state index contributed by atoms with van der Waals surface area (Å²) in [4.78, 5) is 4.84. The van der Waals surface area contributed by atoms with Crippen molar-refractivity contribution in [1.82, 2.24) is 10.3 Å². The summed E-state index contributed by atoms with van der Waals surface area (Å²) in [7, 11) is 2.11. The molecule has 2 atom stereocenters. The Kier molecular flexibility index (Phi) is 4.31. The van der Waals surface area contributed by atoms with Crippen LogP contribution in [0.15, 0.2) is 36.4 Å². The molecule has 2 heteroatoms. The van der Waals surface area contributed by atoms with Crippen LogP contribution in [0.2, 0.25) is 0 Å². The fraction of sp³-hybridized carbons (Fsp3) is 0.500. The van der Waals surface area contributed by atoms with Crippen LogP contribution in [0.3, 0.4) is 0 Å². The molecule has 0 spiro atoms. The molecule has 0 radical (unpaired) electrons. The van der Waals surface area contributed by atoms with E-state index >= 15 is 0 Å². The number of fused-ring (bicyclic) bond motifs is 1. The third-order valence-electron chi connectivity index (χ3n) is 4.66. The van der Waals surface area contributed by atoms with Gasteiger partial charge in [0, 0.05) is 17.1 Å². The van der Waals surface area contributed by atoms with Crippen molar-refractivity contribution in [3.63, 3.8) is 0 Å². The summed E-state index contributed by atoms with van der Waals surface area (Å²) in [5.41, 5.74) is 2.37. The number of aromatic nitrogens is 1. The zero-order valence-electron chi connectivity index (χ0n) is 12.3. The van der Waals surface area contributed by atoms with Gasteiger partial charge in [-0.15, -0.1) is 0 Å². The lowest BCUT2D eigenvalue weighted by molar-refractivity contribution is 0.348. The monoisotopic (exact) mass is 268 g/mol. The van der Waals surface area contributed by atoms with Crippen molar-refractivity contribution in [3.05, 3.63) is 42.1 Å². The third kappa shape index (κ3) is 3.01. The minimum atomic E-state index is 0.658. The lowest BCUT2D eigenvalue weighted by atomic mass is 9.90. The zero-order valence-corrected chi connectivity index (χ0v) is 12.3. The predicted octanol–water partition coefficient (Wildman–Crippen LogP) is 3.95. The third-order valence-corrected chi connectivity index (χ3v) is 4.66. The lowest BCUT2D eigenvalue weighted by Gasteiger charge is -2.24. The maximum atomic E-state index is 4.84. The van der Waals surface area contributed by atoms with E-state index in [1.807, 2.05) is 0 Å². The van der Waals surface area contributed by atoms with Gasteiger partial charge in [0.1, 0.15) is 0 Å². The first-order chi connectivity index (χ1) is 9.86. The number of rotatable bonds is 3. The minimum absolute atomic E-state index is 0.658. The average Bonchev–Trinajstić information content (AvgIpc) is 2.72. The minimum Gasteiger partial charge on any atom is -0.317 e. The van der Waals surface area contributed by atoms with Crippen molar-refractivity contribution in [2.75, 3.05) is 7.05 Å². The smallest absolute Gasteiger partial charge is 0.0705 e. The molecule has 1 aromatic carbocycles. The highest BCUT2D eigenvalue weighted by atomic mass is 14.9. The second kappa shape index (κ2) is 6.36. The highest BCUT2D eigenvalue weighted by molar-refractivity contribution is 5.78. The van der Waals surface area contributed by atoms with Crippen LogP contribution < -0.4 is 5.32 Å². The van der Waals surface area contributed by atoms with E-state index in [0.717, 1.165) is 17.9 Å². The van der Waals surface area contributed by atoms with Crippen LogP contribution in [0, 0.1) is 5.92 Å². The molecule has 1 saturated carbocycles. The van der Waals surface area contributed by atoms with Crippen LogP contribution in [0.4, 0.5) is 0 Å². The zero-order chi connectivity index (χ0) is 13.8. The second-order valence-corrected chi connectivity index (χ2v) is 5.99. The van der Waals surface area contributed by atoms with Gasteiger partial charge < -0.3 is 5.32 Å². The SMILES string of the molecule is CNC1CCCCCC1Cc1ccc2ccccc2n1. The van der Waals surface area contributed by atoms with Gasteiger partial charge in [-0.1, -0.05) is 43.5 Å². The Balaban J connectivity index is 1.80. The first-order valence-corrected chi connectivity index (χ1v) is 7.89. The first-order valence-electron chi connectivity index (χ1n) is 7.89. The van der Waals surface area contributed by atoms with Gasteiger partial charge in [-0.05, 0) is 44.4 Å². The first kappa shape index (κ1) is 13.6. The van der Waals surface area contributed by atoms with E-state index < -0.39 is 0 Å². The summed E-state index contributed by atoms with van der Waals surface area (Å²) in [6.07, 6.45) is 7.88. The largest absolute Gasteiger partial charge is 0.317 e. The van der Waals surface area contributed by atoms with Gasteiger partial charge in [-0.3, -0.25) is 4.98 Å². The highest BCUT2D eigenvalue weighted by Gasteiger charge is 2.22. The molecule has 3 rings (SSSR count). The topological polar surface area (TPSA) is 24.9 Å². The molecule has 106 valence electrons. The molecule has 1 aliphatic carbocycles. The van der Waals surface area contributed by atoms with E-state index in [2.05, 4.69) is 48.8 Å². The standard InChI is InChI=1S/C18H24N2/c1-19-17-9-4-2-3-8-15(17)13-16-12-11-14-7-5-6-10-18(14)20-16/h5-7,10-12,15,17,19H,2-4,8-9,13H2,1H3. The molecule has 1 N–H and O–H groups in total. The molecule has 0 aliphatic heterocycles. The summed E-state index contributed by atoms with van der Waals surface area (Å²) in [5.74, 6) is 0.733. The van der Waals surface area contributed by atoms with Gasteiger partial charge in [0.25, 0.3) is 0 Å². The van der Waals surface area contributed by atoms with E-state index in [1.54, 1.807) is 0 Å². The molecule has 0 bridgehead atoms. The van der Waals surface area contributed by atoms with E-state index in [1.165, 1.54) is 43.2 Å². The Morgan fingerprint density at radius 1 is 1.05 bits per heavy atom. The molecule has 2 aromatic rings. The van der Waals surface area contributed by atoms with Crippen molar-refractivity contribution >= 4 is 10.9 Å². The molecule has 0 saturated heterocycles. The molecule has 1 fully saturated rings. The fourth-order valence-electron chi connectivity index (χ4n) is 3.50. The van der Waals surface area contributed by atoms with Crippen molar-refractivity contribution in [3.8, 4) is 0 Å². The Hall–Kier alpha value is -1.41. The Morgan fingerprint density at radius 3 is 2.80 bits per heavy atom. The summed E-state index contributed by atoms with van der Waals surface area (Å²) in [6, 6.07) is 13.5. The Bertz CT molecular complexity index is 564. The lowest BCUT2D eigenvalue weighted by Crippen LogP contribution is -2.34. The molecule has 1 aromatic heterocycles. The van der Waals surface area contributed by atoms with E-state index in [4.69, 9.17) is 4.98 Å². The summed E-state index contributed by atoms with van der Waals surface area (Å²) in [6.45, 7) is 0. The maximum absolute atomic E-state index is 4.84. The number of benzene rings is 1. The van der Waals surface area contributed by atoms with Crippen molar-refractivity contribution in [1.29, 1.82) is 0 Å². The molecule has 1 heterocycles. The number of hydrogen-bond donors (Lipinski definition) is 1.